The highest BCUT2D eigenvalue weighted by Crippen LogP contribution is 2.17. The van der Waals surface area contributed by atoms with Crippen molar-refractivity contribution < 1.29 is 4.79 Å². The highest BCUT2D eigenvalue weighted by Gasteiger charge is 2.15. The molecule has 1 fully saturated rings. The van der Waals surface area contributed by atoms with E-state index in [1.165, 1.54) is 25.7 Å². The number of hydrogen-bond donors (Lipinski definition) is 2. The number of aryl methyl sites for hydroxylation is 1. The Morgan fingerprint density at radius 1 is 1.47 bits per heavy atom. The number of carbonyl (C=O) groups is 1. The molecule has 0 aromatic carbocycles. The Kier molecular flexibility index (Phi) is 4.09. The maximum atomic E-state index is 11.7. The van der Waals surface area contributed by atoms with Crippen molar-refractivity contribution in [3.05, 3.63) is 23.9 Å². The van der Waals surface area contributed by atoms with E-state index in [0.29, 0.717) is 18.4 Å². The van der Waals surface area contributed by atoms with Gasteiger partial charge in [0, 0.05) is 12.2 Å². The number of nitrogens with zero attached hydrogens (tertiary/aromatic N) is 1. The fraction of sp³-hybridized carbons (Fsp3) is 0.538. The van der Waals surface area contributed by atoms with Gasteiger partial charge < -0.3 is 10.6 Å². The molecule has 92 valence electrons. The summed E-state index contributed by atoms with van der Waals surface area (Å²) < 4.78 is 0. The number of nitrogens with one attached hydrogen (secondary N) is 2. The molecule has 1 amide bonds. The van der Waals surface area contributed by atoms with Gasteiger partial charge in [0.25, 0.3) is 0 Å². The molecule has 1 saturated carbocycles. The lowest BCUT2D eigenvalue weighted by Gasteiger charge is -2.12. The Bertz CT molecular complexity index is 386. The summed E-state index contributed by atoms with van der Waals surface area (Å²) in [5.74, 6) is 0.643. The van der Waals surface area contributed by atoms with Crippen molar-refractivity contribution >= 4 is 11.7 Å². The monoisotopic (exact) mass is 233 g/mol. The van der Waals surface area contributed by atoms with Gasteiger partial charge in [-0.1, -0.05) is 18.9 Å². The van der Waals surface area contributed by atoms with E-state index in [2.05, 4.69) is 15.6 Å². The quantitative estimate of drug-likeness (QED) is 0.834. The standard InChI is InChI=1S/C13H19N3O/c1-10-5-4-8-14-13(10)16-12(17)9-15-11-6-2-3-7-11/h4-5,8,11,15H,2-3,6-7,9H2,1H3,(H,14,16,17). The van der Waals surface area contributed by atoms with Crippen LogP contribution in [0.3, 0.4) is 0 Å². The van der Waals surface area contributed by atoms with Gasteiger partial charge in [0.05, 0.1) is 6.54 Å². The van der Waals surface area contributed by atoms with E-state index in [-0.39, 0.29) is 5.91 Å². The van der Waals surface area contributed by atoms with Gasteiger partial charge in [0.1, 0.15) is 5.82 Å². The molecule has 17 heavy (non-hydrogen) atoms. The molecule has 1 aromatic heterocycles. The van der Waals surface area contributed by atoms with E-state index in [0.717, 1.165) is 5.56 Å². The minimum Gasteiger partial charge on any atom is -0.309 e. The summed E-state index contributed by atoms with van der Waals surface area (Å²) in [5, 5.41) is 6.10. The lowest BCUT2D eigenvalue weighted by molar-refractivity contribution is -0.115. The Labute approximate surface area is 102 Å². The minimum absolute atomic E-state index is 0.0151. The summed E-state index contributed by atoms with van der Waals surface area (Å²) in [6.45, 7) is 2.31. The Morgan fingerprint density at radius 2 is 2.24 bits per heavy atom. The van der Waals surface area contributed by atoms with E-state index < -0.39 is 0 Å². The molecule has 0 saturated heterocycles. The smallest absolute Gasteiger partial charge is 0.239 e. The van der Waals surface area contributed by atoms with Gasteiger partial charge in [-0.15, -0.1) is 0 Å². The number of anilines is 1. The van der Waals surface area contributed by atoms with Gasteiger partial charge in [-0.05, 0) is 31.4 Å². The molecular formula is C13H19N3O. The highest BCUT2D eigenvalue weighted by atomic mass is 16.2. The van der Waals surface area contributed by atoms with E-state index >= 15 is 0 Å². The van der Waals surface area contributed by atoms with E-state index in [9.17, 15) is 4.79 Å². The molecule has 0 radical (unpaired) electrons. The maximum absolute atomic E-state index is 11.7. The van der Waals surface area contributed by atoms with Crippen LogP contribution in [-0.2, 0) is 4.79 Å². The van der Waals surface area contributed by atoms with Crippen molar-refractivity contribution in [1.29, 1.82) is 0 Å². The molecule has 4 heteroatoms. The Balaban J connectivity index is 1.79. The largest absolute Gasteiger partial charge is 0.309 e. The fourth-order valence-corrected chi connectivity index (χ4v) is 2.16. The SMILES string of the molecule is Cc1cccnc1NC(=O)CNC1CCCC1. The first kappa shape index (κ1) is 12.0. The zero-order valence-corrected chi connectivity index (χ0v) is 10.2. The van der Waals surface area contributed by atoms with Crippen LogP contribution in [0.1, 0.15) is 31.2 Å². The van der Waals surface area contributed by atoms with Crippen LogP contribution in [0.4, 0.5) is 5.82 Å². The van der Waals surface area contributed by atoms with Crippen LogP contribution in [0.25, 0.3) is 0 Å². The Morgan fingerprint density at radius 3 is 2.94 bits per heavy atom. The van der Waals surface area contributed by atoms with Crippen molar-refractivity contribution in [2.45, 2.75) is 38.6 Å². The van der Waals surface area contributed by atoms with Gasteiger partial charge in [-0.2, -0.15) is 0 Å². The molecule has 1 aliphatic carbocycles. The third-order valence-electron chi connectivity index (χ3n) is 3.17. The summed E-state index contributed by atoms with van der Waals surface area (Å²) in [6, 6.07) is 4.32. The summed E-state index contributed by atoms with van der Waals surface area (Å²) in [6.07, 6.45) is 6.62. The van der Waals surface area contributed by atoms with Crippen LogP contribution in [0.5, 0.6) is 0 Å². The molecule has 1 aliphatic rings. The molecule has 0 unspecified atom stereocenters. The van der Waals surface area contributed by atoms with E-state index in [1.807, 2.05) is 19.1 Å². The summed E-state index contributed by atoms with van der Waals surface area (Å²) in [7, 11) is 0. The van der Waals surface area contributed by atoms with Gasteiger partial charge >= 0.3 is 0 Å². The van der Waals surface area contributed by atoms with Crippen molar-refractivity contribution in [3.8, 4) is 0 Å². The number of hydrogen-bond acceptors (Lipinski definition) is 3. The van der Waals surface area contributed by atoms with Crippen LogP contribution in [-0.4, -0.2) is 23.5 Å². The van der Waals surface area contributed by atoms with Gasteiger partial charge in [0.15, 0.2) is 0 Å². The van der Waals surface area contributed by atoms with Crippen LogP contribution in [0.15, 0.2) is 18.3 Å². The third-order valence-corrected chi connectivity index (χ3v) is 3.17. The van der Waals surface area contributed by atoms with Crippen molar-refractivity contribution in [1.82, 2.24) is 10.3 Å². The highest BCUT2D eigenvalue weighted by molar-refractivity contribution is 5.91. The van der Waals surface area contributed by atoms with Gasteiger partial charge in [-0.3, -0.25) is 4.79 Å². The molecule has 2 N–H and O–H groups in total. The zero-order chi connectivity index (χ0) is 12.1. The van der Waals surface area contributed by atoms with Crippen LogP contribution in [0, 0.1) is 6.92 Å². The van der Waals surface area contributed by atoms with Crippen molar-refractivity contribution in [2.24, 2.45) is 0 Å². The first-order valence-corrected chi connectivity index (χ1v) is 6.20. The molecule has 0 atom stereocenters. The van der Waals surface area contributed by atoms with E-state index in [4.69, 9.17) is 0 Å². The Hall–Kier alpha value is -1.42. The second kappa shape index (κ2) is 5.77. The topological polar surface area (TPSA) is 54.0 Å². The zero-order valence-electron chi connectivity index (χ0n) is 10.2. The van der Waals surface area contributed by atoms with Crippen molar-refractivity contribution in [3.63, 3.8) is 0 Å². The predicted molar refractivity (Wildman–Crippen MR) is 67.9 cm³/mol. The predicted octanol–water partition coefficient (Wildman–Crippen LogP) is 1.86. The molecule has 0 spiro atoms. The molecule has 0 bridgehead atoms. The summed E-state index contributed by atoms with van der Waals surface area (Å²) in [4.78, 5) is 15.8. The van der Waals surface area contributed by atoms with Gasteiger partial charge in [0.2, 0.25) is 5.91 Å². The summed E-state index contributed by atoms with van der Waals surface area (Å²) >= 11 is 0. The number of aromatic nitrogens is 1. The second-order valence-electron chi connectivity index (χ2n) is 4.58. The minimum atomic E-state index is -0.0151. The number of amides is 1. The molecule has 4 nitrogen and oxygen atoms in total. The van der Waals surface area contributed by atoms with Crippen LogP contribution >= 0.6 is 0 Å². The maximum Gasteiger partial charge on any atom is 0.239 e. The molecule has 2 rings (SSSR count). The normalized spacial score (nSPS) is 16.1. The molecule has 1 aromatic rings. The first-order chi connectivity index (χ1) is 8.25. The molecule has 0 aliphatic heterocycles. The summed E-state index contributed by atoms with van der Waals surface area (Å²) in [5.41, 5.74) is 0.988. The van der Waals surface area contributed by atoms with Crippen LogP contribution < -0.4 is 10.6 Å². The van der Waals surface area contributed by atoms with E-state index in [1.54, 1.807) is 6.20 Å². The van der Waals surface area contributed by atoms with Gasteiger partial charge in [-0.25, -0.2) is 4.98 Å². The second-order valence-corrected chi connectivity index (χ2v) is 4.58. The number of carbonyl (C=O) groups excluding carboxylic acids is 1. The number of rotatable bonds is 4. The third kappa shape index (κ3) is 3.53. The van der Waals surface area contributed by atoms with Crippen molar-refractivity contribution in [2.75, 3.05) is 11.9 Å². The fourth-order valence-electron chi connectivity index (χ4n) is 2.16. The average Bonchev–Trinajstić information content (AvgIpc) is 2.82. The van der Waals surface area contributed by atoms with Crippen LogP contribution in [0.2, 0.25) is 0 Å². The molecule has 1 heterocycles. The average molecular weight is 233 g/mol. The lowest BCUT2D eigenvalue weighted by atomic mass is 10.2. The lowest BCUT2D eigenvalue weighted by Crippen LogP contribution is -2.34. The molecular weight excluding hydrogens is 214 g/mol. The number of pyridine rings is 1. The first-order valence-electron chi connectivity index (χ1n) is 6.20.